The molecule has 0 aromatic heterocycles. The van der Waals surface area contributed by atoms with Crippen LogP contribution >= 0.6 is 0 Å². The average molecular weight is 382 g/mol. The number of esters is 1. The van der Waals surface area contributed by atoms with Gasteiger partial charge in [0.05, 0.1) is 56.8 Å². The van der Waals surface area contributed by atoms with Crippen LogP contribution in [0.15, 0.2) is 42.5 Å². The lowest BCUT2D eigenvalue weighted by atomic mass is 10.1. The lowest BCUT2D eigenvalue weighted by molar-refractivity contribution is -0.898. The fraction of sp³-hybridized carbons (Fsp3) is 0.364. The Morgan fingerprint density at radius 1 is 1.14 bits per heavy atom. The quantitative estimate of drug-likeness (QED) is 0.774. The molecule has 1 amide bonds. The standard InChI is InChI=1S/C22H27N3O3/c1-4-24-11-13-25(14-12-24)20-10-9-17(22(27)28-3)15-19(20)23-21(26)18-8-6-5-7-16(18)2/h5-10,15H,4,11-14H2,1-3H3,(H,23,26)/p+1. The number of nitrogens with one attached hydrogen (secondary N) is 2. The molecule has 0 unspecified atom stereocenters. The van der Waals surface area contributed by atoms with E-state index >= 15 is 0 Å². The van der Waals surface area contributed by atoms with Gasteiger partial charge < -0.3 is 19.9 Å². The van der Waals surface area contributed by atoms with Crippen molar-refractivity contribution in [2.75, 3.05) is 50.1 Å². The molecule has 6 heteroatoms. The zero-order valence-corrected chi connectivity index (χ0v) is 16.7. The molecule has 0 bridgehead atoms. The number of quaternary nitrogens is 1. The predicted molar refractivity (Wildman–Crippen MR) is 110 cm³/mol. The van der Waals surface area contributed by atoms with Crippen LogP contribution in [0.2, 0.25) is 0 Å². The Hall–Kier alpha value is -2.86. The monoisotopic (exact) mass is 382 g/mol. The number of aryl methyl sites for hydroxylation is 1. The van der Waals surface area contributed by atoms with Crippen molar-refractivity contribution in [1.29, 1.82) is 0 Å². The second-order valence-corrected chi connectivity index (χ2v) is 7.08. The number of likely N-dealkylation sites (N-methyl/N-ethyl adjacent to an activating group) is 1. The highest BCUT2D eigenvalue weighted by Gasteiger charge is 2.23. The number of rotatable bonds is 5. The topological polar surface area (TPSA) is 63.1 Å². The van der Waals surface area contributed by atoms with Gasteiger partial charge in [0.15, 0.2) is 0 Å². The number of anilines is 2. The van der Waals surface area contributed by atoms with Gasteiger partial charge in [-0.15, -0.1) is 0 Å². The smallest absolute Gasteiger partial charge is 0.337 e. The molecule has 1 fully saturated rings. The minimum absolute atomic E-state index is 0.181. The molecule has 0 spiro atoms. The Bertz CT molecular complexity index is 858. The number of carbonyl (C=O) groups is 2. The molecule has 0 aliphatic carbocycles. The van der Waals surface area contributed by atoms with Crippen LogP contribution in [0.4, 0.5) is 11.4 Å². The average Bonchev–Trinajstić information content (AvgIpc) is 2.73. The van der Waals surface area contributed by atoms with Gasteiger partial charge in [-0.3, -0.25) is 4.79 Å². The van der Waals surface area contributed by atoms with Crippen LogP contribution in [0.1, 0.15) is 33.2 Å². The molecule has 148 valence electrons. The molecule has 2 N–H and O–H groups in total. The summed E-state index contributed by atoms with van der Waals surface area (Å²) in [6, 6.07) is 12.8. The minimum atomic E-state index is -0.418. The Kier molecular flexibility index (Phi) is 6.31. The van der Waals surface area contributed by atoms with E-state index in [4.69, 9.17) is 4.74 Å². The number of hydrogen-bond acceptors (Lipinski definition) is 4. The molecule has 3 rings (SSSR count). The highest BCUT2D eigenvalue weighted by atomic mass is 16.5. The first kappa shape index (κ1) is 19.9. The van der Waals surface area contributed by atoms with Gasteiger partial charge in [-0.2, -0.15) is 0 Å². The highest BCUT2D eigenvalue weighted by Crippen LogP contribution is 2.28. The van der Waals surface area contributed by atoms with Crippen molar-refractivity contribution in [1.82, 2.24) is 0 Å². The van der Waals surface area contributed by atoms with Gasteiger partial charge >= 0.3 is 5.97 Å². The van der Waals surface area contributed by atoms with Crippen LogP contribution in [-0.4, -0.2) is 51.7 Å². The molecule has 1 aliphatic heterocycles. The lowest BCUT2D eigenvalue weighted by Crippen LogP contribution is -3.14. The Morgan fingerprint density at radius 2 is 1.86 bits per heavy atom. The lowest BCUT2D eigenvalue weighted by Gasteiger charge is -2.34. The Morgan fingerprint density at radius 3 is 2.50 bits per heavy atom. The van der Waals surface area contributed by atoms with Crippen molar-refractivity contribution in [3.05, 3.63) is 59.2 Å². The van der Waals surface area contributed by atoms with Gasteiger partial charge in [-0.25, -0.2) is 4.79 Å². The van der Waals surface area contributed by atoms with Crippen LogP contribution in [0, 0.1) is 6.92 Å². The molecular weight excluding hydrogens is 354 g/mol. The number of amides is 1. The molecule has 6 nitrogen and oxygen atoms in total. The maximum Gasteiger partial charge on any atom is 0.337 e. The Balaban J connectivity index is 1.91. The number of ether oxygens (including phenoxy) is 1. The van der Waals surface area contributed by atoms with Crippen LogP contribution in [0.5, 0.6) is 0 Å². The SMILES string of the molecule is CC[NH+]1CCN(c2ccc(C(=O)OC)cc2NC(=O)c2ccccc2C)CC1. The first-order valence-corrected chi connectivity index (χ1v) is 9.71. The normalized spacial score (nSPS) is 14.6. The van der Waals surface area contributed by atoms with Crippen molar-refractivity contribution >= 4 is 23.3 Å². The van der Waals surface area contributed by atoms with Crippen molar-refractivity contribution in [2.45, 2.75) is 13.8 Å². The van der Waals surface area contributed by atoms with E-state index in [1.807, 2.05) is 31.2 Å². The maximum atomic E-state index is 12.9. The third-order valence-corrected chi connectivity index (χ3v) is 5.37. The number of hydrogen-bond donors (Lipinski definition) is 2. The summed E-state index contributed by atoms with van der Waals surface area (Å²) in [6.07, 6.45) is 0. The summed E-state index contributed by atoms with van der Waals surface area (Å²) in [4.78, 5) is 28.7. The molecular formula is C22H28N3O3+. The first-order chi connectivity index (χ1) is 13.5. The molecule has 28 heavy (non-hydrogen) atoms. The molecule has 1 saturated heterocycles. The minimum Gasteiger partial charge on any atom is -0.465 e. The fourth-order valence-electron chi connectivity index (χ4n) is 3.59. The Labute approximate surface area is 166 Å². The summed E-state index contributed by atoms with van der Waals surface area (Å²) in [5.74, 6) is -0.600. The van der Waals surface area contributed by atoms with E-state index in [0.717, 1.165) is 44.0 Å². The summed E-state index contributed by atoms with van der Waals surface area (Å²) in [5.41, 5.74) is 3.52. The zero-order chi connectivity index (χ0) is 20.1. The van der Waals surface area contributed by atoms with E-state index < -0.39 is 5.97 Å². The van der Waals surface area contributed by atoms with Gasteiger partial charge in [-0.1, -0.05) is 18.2 Å². The molecule has 0 atom stereocenters. The van der Waals surface area contributed by atoms with E-state index in [2.05, 4.69) is 17.1 Å². The maximum absolute atomic E-state index is 12.9. The van der Waals surface area contributed by atoms with Gasteiger partial charge in [0.1, 0.15) is 0 Å². The second kappa shape index (κ2) is 8.89. The summed E-state index contributed by atoms with van der Waals surface area (Å²) in [5, 5.41) is 3.01. The molecule has 2 aromatic carbocycles. The predicted octanol–water partition coefficient (Wildman–Crippen LogP) is 1.76. The van der Waals surface area contributed by atoms with E-state index in [1.54, 1.807) is 23.1 Å². The molecule has 1 heterocycles. The molecule has 0 radical (unpaired) electrons. The molecule has 0 saturated carbocycles. The van der Waals surface area contributed by atoms with Crippen molar-refractivity contribution in [3.63, 3.8) is 0 Å². The van der Waals surface area contributed by atoms with Crippen LogP contribution in [0.3, 0.4) is 0 Å². The van der Waals surface area contributed by atoms with Gasteiger partial charge in [0, 0.05) is 5.56 Å². The summed E-state index contributed by atoms with van der Waals surface area (Å²) >= 11 is 0. The van der Waals surface area contributed by atoms with E-state index in [1.165, 1.54) is 7.11 Å². The van der Waals surface area contributed by atoms with Crippen LogP contribution < -0.4 is 15.1 Å². The van der Waals surface area contributed by atoms with Crippen molar-refractivity contribution in [3.8, 4) is 0 Å². The largest absolute Gasteiger partial charge is 0.465 e. The van der Waals surface area contributed by atoms with Crippen LogP contribution in [0.25, 0.3) is 0 Å². The van der Waals surface area contributed by atoms with Gasteiger partial charge in [-0.05, 0) is 43.7 Å². The number of carbonyl (C=O) groups excluding carboxylic acids is 2. The zero-order valence-electron chi connectivity index (χ0n) is 16.7. The van der Waals surface area contributed by atoms with Gasteiger partial charge in [0.2, 0.25) is 0 Å². The molecule has 2 aromatic rings. The third-order valence-electron chi connectivity index (χ3n) is 5.37. The number of benzene rings is 2. The summed E-state index contributed by atoms with van der Waals surface area (Å²) < 4.78 is 4.85. The van der Waals surface area contributed by atoms with Crippen molar-refractivity contribution < 1.29 is 19.2 Å². The first-order valence-electron chi connectivity index (χ1n) is 9.71. The fourth-order valence-corrected chi connectivity index (χ4v) is 3.59. The summed E-state index contributed by atoms with van der Waals surface area (Å²) in [7, 11) is 1.36. The van der Waals surface area contributed by atoms with Crippen molar-refractivity contribution in [2.24, 2.45) is 0 Å². The number of piperazine rings is 1. The third kappa shape index (κ3) is 4.34. The highest BCUT2D eigenvalue weighted by molar-refractivity contribution is 6.07. The second-order valence-electron chi connectivity index (χ2n) is 7.08. The number of methoxy groups -OCH3 is 1. The van der Waals surface area contributed by atoms with E-state index in [9.17, 15) is 9.59 Å². The number of nitrogens with zero attached hydrogens (tertiary/aromatic N) is 1. The van der Waals surface area contributed by atoms with Gasteiger partial charge in [0.25, 0.3) is 5.91 Å². The molecule has 1 aliphatic rings. The van der Waals surface area contributed by atoms with E-state index in [0.29, 0.717) is 16.8 Å². The van der Waals surface area contributed by atoms with E-state index in [-0.39, 0.29) is 5.91 Å². The summed E-state index contributed by atoms with van der Waals surface area (Å²) in [6.45, 7) is 9.16. The van der Waals surface area contributed by atoms with Crippen LogP contribution in [-0.2, 0) is 4.74 Å².